The third-order valence-electron chi connectivity index (χ3n) is 4.52. The fourth-order valence-corrected chi connectivity index (χ4v) is 3.40. The van der Waals surface area contributed by atoms with Crippen LogP contribution in [0.4, 0.5) is 0 Å². The minimum atomic E-state index is 0.472. The number of nitrogens with one attached hydrogen (secondary N) is 1. The molecule has 2 nitrogen and oxygen atoms in total. The van der Waals surface area contributed by atoms with E-state index in [-0.39, 0.29) is 0 Å². The smallest absolute Gasteiger partial charge is 0.0271 e. The van der Waals surface area contributed by atoms with Crippen LogP contribution in [0.15, 0.2) is 0 Å². The quantitative estimate of drug-likeness (QED) is 0.543. The highest BCUT2D eigenvalue weighted by Crippen LogP contribution is 2.46. The molecule has 0 aliphatic heterocycles. The number of hydrogen-bond acceptors (Lipinski definition) is 2. The maximum atomic E-state index is 5.78. The molecule has 2 unspecified atom stereocenters. The lowest BCUT2D eigenvalue weighted by molar-refractivity contribution is 0.148. The fraction of sp³-hybridized carbons (Fsp3) is 1.00. The lowest BCUT2D eigenvalue weighted by Crippen LogP contribution is -2.48. The van der Waals surface area contributed by atoms with E-state index in [9.17, 15) is 0 Å². The third kappa shape index (κ3) is 2.73. The largest absolute Gasteiger partial charge is 0.271 e. The lowest BCUT2D eigenvalue weighted by atomic mass is 9.72. The topological polar surface area (TPSA) is 38.0 Å². The van der Waals surface area contributed by atoms with Crippen LogP contribution in [0.1, 0.15) is 59.8 Å². The zero-order valence-electron chi connectivity index (χ0n) is 10.8. The Morgan fingerprint density at radius 3 is 2.27 bits per heavy atom. The van der Waals surface area contributed by atoms with Crippen LogP contribution in [0.2, 0.25) is 0 Å². The van der Waals surface area contributed by atoms with Crippen LogP contribution in [0.5, 0.6) is 0 Å². The van der Waals surface area contributed by atoms with E-state index in [0.717, 1.165) is 11.8 Å². The molecule has 3 N–H and O–H groups in total. The normalized spacial score (nSPS) is 27.2. The standard InChI is InChI=1S/C13H28N2/c1-5-10(6-2)12(15-14)11-8-7-9-13(11,3)4/h10-12,15H,5-9,14H2,1-4H3. The van der Waals surface area contributed by atoms with Gasteiger partial charge in [-0.1, -0.05) is 47.0 Å². The van der Waals surface area contributed by atoms with Crippen molar-refractivity contribution in [3.63, 3.8) is 0 Å². The zero-order chi connectivity index (χ0) is 11.5. The number of nitrogens with two attached hydrogens (primary N) is 1. The summed E-state index contributed by atoms with van der Waals surface area (Å²) in [5.41, 5.74) is 3.57. The maximum absolute atomic E-state index is 5.78. The highest BCUT2D eigenvalue weighted by molar-refractivity contribution is 4.93. The number of rotatable bonds is 5. The number of hydrogen-bond donors (Lipinski definition) is 2. The van der Waals surface area contributed by atoms with E-state index >= 15 is 0 Å². The monoisotopic (exact) mass is 212 g/mol. The van der Waals surface area contributed by atoms with E-state index in [0.29, 0.717) is 11.5 Å². The van der Waals surface area contributed by atoms with E-state index in [2.05, 4.69) is 33.1 Å². The molecule has 90 valence electrons. The van der Waals surface area contributed by atoms with E-state index in [1.807, 2.05) is 0 Å². The summed E-state index contributed by atoms with van der Waals surface area (Å²) in [4.78, 5) is 0. The predicted molar refractivity (Wildman–Crippen MR) is 66.3 cm³/mol. The van der Waals surface area contributed by atoms with Crippen molar-refractivity contribution in [3.05, 3.63) is 0 Å². The molecule has 2 heteroatoms. The van der Waals surface area contributed by atoms with Crippen LogP contribution in [-0.2, 0) is 0 Å². The van der Waals surface area contributed by atoms with Crippen LogP contribution >= 0.6 is 0 Å². The maximum Gasteiger partial charge on any atom is 0.0271 e. The Kier molecular flexibility index (Phi) is 4.60. The average Bonchev–Trinajstić information content (AvgIpc) is 2.54. The molecule has 0 saturated heterocycles. The van der Waals surface area contributed by atoms with Crippen LogP contribution in [0, 0.1) is 17.3 Å². The minimum absolute atomic E-state index is 0.472. The van der Waals surface area contributed by atoms with Crippen LogP contribution in [-0.4, -0.2) is 6.04 Å². The Hall–Kier alpha value is -0.0800. The van der Waals surface area contributed by atoms with Crippen molar-refractivity contribution in [2.75, 3.05) is 0 Å². The van der Waals surface area contributed by atoms with Crippen molar-refractivity contribution in [2.24, 2.45) is 23.1 Å². The van der Waals surface area contributed by atoms with Crippen LogP contribution in [0.3, 0.4) is 0 Å². The summed E-state index contributed by atoms with van der Waals surface area (Å²) in [5, 5.41) is 0. The Bertz CT molecular complexity index is 185. The molecule has 0 aromatic heterocycles. The summed E-state index contributed by atoms with van der Waals surface area (Å²) in [6, 6.07) is 0.512. The van der Waals surface area contributed by atoms with Gasteiger partial charge in [-0.15, -0.1) is 0 Å². The predicted octanol–water partition coefficient (Wildman–Crippen LogP) is 3.08. The Labute approximate surface area is 95.0 Å². The van der Waals surface area contributed by atoms with E-state index in [1.165, 1.54) is 32.1 Å². The van der Waals surface area contributed by atoms with Gasteiger partial charge in [0.15, 0.2) is 0 Å². The van der Waals surface area contributed by atoms with Crippen molar-refractivity contribution in [1.29, 1.82) is 0 Å². The molecule has 0 spiro atoms. The molecular formula is C13H28N2. The van der Waals surface area contributed by atoms with Crippen LogP contribution < -0.4 is 11.3 Å². The van der Waals surface area contributed by atoms with Crippen molar-refractivity contribution in [2.45, 2.75) is 65.8 Å². The summed E-state index contributed by atoms with van der Waals surface area (Å²) in [5.74, 6) is 7.27. The first kappa shape index (κ1) is 13.0. The Morgan fingerprint density at radius 2 is 1.93 bits per heavy atom. The Balaban J connectivity index is 2.73. The molecule has 1 rings (SSSR count). The molecule has 1 saturated carbocycles. The summed E-state index contributed by atoms with van der Waals surface area (Å²) in [7, 11) is 0. The molecule has 2 atom stereocenters. The second-order valence-electron chi connectivity index (χ2n) is 5.76. The second-order valence-corrected chi connectivity index (χ2v) is 5.76. The van der Waals surface area contributed by atoms with Gasteiger partial charge in [-0.05, 0) is 30.1 Å². The first-order chi connectivity index (χ1) is 7.06. The molecule has 0 bridgehead atoms. The lowest BCUT2D eigenvalue weighted by Gasteiger charge is -2.38. The van der Waals surface area contributed by atoms with Gasteiger partial charge in [-0.2, -0.15) is 0 Å². The van der Waals surface area contributed by atoms with E-state index in [4.69, 9.17) is 5.84 Å². The molecule has 0 heterocycles. The van der Waals surface area contributed by atoms with Gasteiger partial charge in [0.05, 0.1) is 0 Å². The van der Waals surface area contributed by atoms with E-state index < -0.39 is 0 Å². The first-order valence-electron chi connectivity index (χ1n) is 6.53. The van der Waals surface area contributed by atoms with Gasteiger partial charge in [-0.25, -0.2) is 0 Å². The molecule has 1 aliphatic carbocycles. The molecule has 1 fully saturated rings. The van der Waals surface area contributed by atoms with E-state index in [1.54, 1.807) is 0 Å². The van der Waals surface area contributed by atoms with Gasteiger partial charge >= 0.3 is 0 Å². The average molecular weight is 212 g/mol. The molecule has 0 aromatic rings. The van der Waals surface area contributed by atoms with Crippen molar-refractivity contribution in [1.82, 2.24) is 5.43 Å². The molecule has 15 heavy (non-hydrogen) atoms. The summed E-state index contributed by atoms with van der Waals surface area (Å²) in [6.45, 7) is 9.36. The summed E-state index contributed by atoms with van der Waals surface area (Å²) in [6.07, 6.45) is 6.54. The molecular weight excluding hydrogens is 184 g/mol. The summed E-state index contributed by atoms with van der Waals surface area (Å²) >= 11 is 0. The SMILES string of the molecule is CCC(CC)C(NN)C1CCCC1(C)C. The fourth-order valence-electron chi connectivity index (χ4n) is 3.40. The molecule has 0 aromatic carbocycles. The highest BCUT2D eigenvalue weighted by atomic mass is 15.2. The third-order valence-corrected chi connectivity index (χ3v) is 4.52. The van der Waals surface area contributed by atoms with Gasteiger partial charge in [-0.3, -0.25) is 11.3 Å². The second kappa shape index (κ2) is 5.31. The summed E-state index contributed by atoms with van der Waals surface area (Å²) < 4.78 is 0. The van der Waals surface area contributed by atoms with Crippen LogP contribution in [0.25, 0.3) is 0 Å². The molecule has 0 radical (unpaired) electrons. The first-order valence-corrected chi connectivity index (χ1v) is 6.53. The van der Waals surface area contributed by atoms with Crippen molar-refractivity contribution >= 4 is 0 Å². The zero-order valence-corrected chi connectivity index (χ0v) is 10.8. The van der Waals surface area contributed by atoms with Crippen molar-refractivity contribution < 1.29 is 0 Å². The van der Waals surface area contributed by atoms with Gasteiger partial charge in [0.1, 0.15) is 0 Å². The minimum Gasteiger partial charge on any atom is -0.271 e. The molecule has 1 aliphatic rings. The highest BCUT2D eigenvalue weighted by Gasteiger charge is 2.41. The van der Waals surface area contributed by atoms with Gasteiger partial charge in [0.25, 0.3) is 0 Å². The molecule has 0 amide bonds. The van der Waals surface area contributed by atoms with Gasteiger partial charge in [0, 0.05) is 6.04 Å². The van der Waals surface area contributed by atoms with Crippen molar-refractivity contribution in [3.8, 4) is 0 Å². The van der Waals surface area contributed by atoms with Gasteiger partial charge < -0.3 is 0 Å². The Morgan fingerprint density at radius 1 is 1.33 bits per heavy atom. The van der Waals surface area contributed by atoms with Gasteiger partial charge in [0.2, 0.25) is 0 Å². The number of hydrazine groups is 1.